The second kappa shape index (κ2) is 7.00. The fourth-order valence-corrected chi connectivity index (χ4v) is 4.02. The molecule has 2 heterocycles. The van der Waals surface area contributed by atoms with E-state index < -0.39 is 0 Å². The number of hydrogen-bond acceptors (Lipinski definition) is 4. The molecule has 0 amide bonds. The van der Waals surface area contributed by atoms with Crippen molar-refractivity contribution < 1.29 is 0 Å². The Morgan fingerprint density at radius 2 is 2.05 bits per heavy atom. The van der Waals surface area contributed by atoms with Gasteiger partial charge in [0.2, 0.25) is 0 Å². The molecule has 0 aliphatic heterocycles. The van der Waals surface area contributed by atoms with Crippen molar-refractivity contribution in [1.82, 2.24) is 9.97 Å². The van der Waals surface area contributed by atoms with Gasteiger partial charge in [-0.15, -0.1) is 11.3 Å². The highest BCUT2D eigenvalue weighted by Crippen LogP contribution is 2.36. The summed E-state index contributed by atoms with van der Waals surface area (Å²) in [4.78, 5) is 10.5. The molecule has 2 aromatic heterocycles. The first-order valence-corrected chi connectivity index (χ1v) is 9.05. The van der Waals surface area contributed by atoms with Gasteiger partial charge in [-0.2, -0.15) is 0 Å². The van der Waals surface area contributed by atoms with Crippen LogP contribution in [0.4, 0.5) is 5.82 Å². The van der Waals surface area contributed by atoms with Crippen molar-refractivity contribution in [3.05, 3.63) is 26.1 Å². The summed E-state index contributed by atoms with van der Waals surface area (Å²) in [5.74, 6) is 1.99. The van der Waals surface area contributed by atoms with Crippen LogP contribution in [-0.2, 0) is 0 Å². The van der Waals surface area contributed by atoms with Crippen molar-refractivity contribution in [2.45, 2.75) is 33.1 Å². The Morgan fingerprint density at radius 1 is 1.30 bits per heavy atom. The van der Waals surface area contributed by atoms with Crippen LogP contribution in [0.5, 0.6) is 0 Å². The number of anilines is 1. The third-order valence-corrected chi connectivity index (χ3v) is 5.40. The summed E-state index contributed by atoms with van der Waals surface area (Å²) in [6.45, 7) is 7.33. The van der Waals surface area contributed by atoms with Gasteiger partial charge in [0.1, 0.15) is 5.82 Å². The lowest BCUT2D eigenvalue weighted by Crippen LogP contribution is -2.08. The molecule has 108 valence electrons. The van der Waals surface area contributed by atoms with Gasteiger partial charge in [-0.05, 0) is 55.6 Å². The zero-order valence-electron chi connectivity index (χ0n) is 11.7. The molecule has 0 aromatic carbocycles. The summed E-state index contributed by atoms with van der Waals surface area (Å²) < 4.78 is 2.01. The van der Waals surface area contributed by atoms with Gasteiger partial charge in [0.15, 0.2) is 5.82 Å². The van der Waals surface area contributed by atoms with Crippen LogP contribution in [0.2, 0.25) is 0 Å². The van der Waals surface area contributed by atoms with E-state index in [9.17, 15) is 0 Å². The quantitative estimate of drug-likeness (QED) is 0.678. The molecule has 6 heteroatoms. The van der Waals surface area contributed by atoms with Crippen LogP contribution in [0.3, 0.4) is 0 Å². The Balaban J connectivity index is 2.53. The second-order valence-corrected chi connectivity index (χ2v) is 7.34. The standard InChI is InChI=1S/C14H17Br2N3S/c1-4-6-17-13-10(16)11(8(2)3)18-14(19-13)12-9(15)5-7-20-12/h5,7-8H,4,6H2,1-3H3,(H,17,18,19). The molecule has 20 heavy (non-hydrogen) atoms. The molecular weight excluding hydrogens is 402 g/mol. The molecule has 0 saturated carbocycles. The maximum atomic E-state index is 4.73. The monoisotopic (exact) mass is 417 g/mol. The summed E-state index contributed by atoms with van der Waals surface area (Å²) in [5.41, 5.74) is 1.04. The SMILES string of the molecule is CCCNc1nc(-c2sccc2Br)nc(C(C)C)c1Br. The fraction of sp³-hybridized carbons (Fsp3) is 0.429. The summed E-state index contributed by atoms with van der Waals surface area (Å²) in [7, 11) is 0. The minimum atomic E-state index is 0.340. The Morgan fingerprint density at radius 3 is 2.60 bits per heavy atom. The van der Waals surface area contributed by atoms with Gasteiger partial charge < -0.3 is 5.32 Å². The Hall–Kier alpha value is -0.460. The van der Waals surface area contributed by atoms with Crippen molar-refractivity contribution in [2.75, 3.05) is 11.9 Å². The smallest absolute Gasteiger partial charge is 0.173 e. The van der Waals surface area contributed by atoms with Gasteiger partial charge in [-0.25, -0.2) is 9.97 Å². The third-order valence-electron chi connectivity index (χ3n) is 2.79. The normalized spacial score (nSPS) is 11.1. The van der Waals surface area contributed by atoms with E-state index in [0.29, 0.717) is 5.92 Å². The van der Waals surface area contributed by atoms with Crippen molar-refractivity contribution in [2.24, 2.45) is 0 Å². The van der Waals surface area contributed by atoms with Gasteiger partial charge in [0, 0.05) is 11.0 Å². The minimum absolute atomic E-state index is 0.340. The Labute approximate surface area is 140 Å². The van der Waals surface area contributed by atoms with E-state index >= 15 is 0 Å². The van der Waals surface area contributed by atoms with Crippen LogP contribution >= 0.6 is 43.2 Å². The maximum absolute atomic E-state index is 4.73. The van der Waals surface area contributed by atoms with Gasteiger partial charge in [0.05, 0.1) is 15.0 Å². The number of aromatic nitrogens is 2. The molecule has 0 atom stereocenters. The van der Waals surface area contributed by atoms with Crippen LogP contribution in [0.25, 0.3) is 10.7 Å². The van der Waals surface area contributed by atoms with Crippen LogP contribution in [0.1, 0.15) is 38.8 Å². The molecule has 0 fully saturated rings. The molecule has 0 saturated heterocycles. The first-order valence-electron chi connectivity index (χ1n) is 6.59. The van der Waals surface area contributed by atoms with Crippen molar-refractivity contribution in [3.63, 3.8) is 0 Å². The van der Waals surface area contributed by atoms with Crippen LogP contribution < -0.4 is 5.32 Å². The van der Waals surface area contributed by atoms with E-state index in [2.05, 4.69) is 62.9 Å². The third kappa shape index (κ3) is 3.40. The molecule has 0 aliphatic rings. The molecule has 3 nitrogen and oxygen atoms in total. The molecule has 1 N–H and O–H groups in total. The highest BCUT2D eigenvalue weighted by atomic mass is 79.9. The number of rotatable bonds is 5. The highest BCUT2D eigenvalue weighted by molar-refractivity contribution is 9.11. The Kier molecular flexibility index (Phi) is 5.57. The van der Waals surface area contributed by atoms with E-state index in [4.69, 9.17) is 4.98 Å². The molecule has 0 spiro atoms. The molecule has 2 rings (SSSR count). The predicted octanol–water partition coefficient (Wildman–Crippen LogP) is 5.68. The van der Waals surface area contributed by atoms with E-state index in [1.807, 2.05) is 11.4 Å². The minimum Gasteiger partial charge on any atom is -0.369 e. The summed E-state index contributed by atoms with van der Waals surface area (Å²) >= 11 is 8.84. The lowest BCUT2D eigenvalue weighted by Gasteiger charge is -2.14. The average molecular weight is 419 g/mol. The lowest BCUT2D eigenvalue weighted by atomic mass is 10.1. The summed E-state index contributed by atoms with van der Waals surface area (Å²) in [5, 5.41) is 5.41. The summed E-state index contributed by atoms with van der Waals surface area (Å²) in [6.07, 6.45) is 1.06. The zero-order chi connectivity index (χ0) is 14.7. The van der Waals surface area contributed by atoms with E-state index in [1.165, 1.54) is 0 Å². The maximum Gasteiger partial charge on any atom is 0.173 e. The number of hydrogen-bond donors (Lipinski definition) is 1. The molecule has 0 aliphatic carbocycles. The summed E-state index contributed by atoms with van der Waals surface area (Å²) in [6, 6.07) is 2.03. The van der Waals surface area contributed by atoms with Crippen LogP contribution in [-0.4, -0.2) is 16.5 Å². The van der Waals surface area contributed by atoms with E-state index in [-0.39, 0.29) is 0 Å². The van der Waals surface area contributed by atoms with Crippen molar-refractivity contribution >= 4 is 49.0 Å². The van der Waals surface area contributed by atoms with Crippen molar-refractivity contribution in [3.8, 4) is 10.7 Å². The number of nitrogens with one attached hydrogen (secondary N) is 1. The fourth-order valence-electron chi connectivity index (χ4n) is 1.76. The van der Waals surface area contributed by atoms with Gasteiger partial charge in [-0.1, -0.05) is 20.8 Å². The number of nitrogens with zero attached hydrogens (tertiary/aromatic N) is 2. The molecule has 0 radical (unpaired) electrons. The van der Waals surface area contributed by atoms with Crippen LogP contribution in [0, 0.1) is 0 Å². The van der Waals surface area contributed by atoms with Crippen molar-refractivity contribution in [1.29, 1.82) is 0 Å². The zero-order valence-corrected chi connectivity index (χ0v) is 15.7. The van der Waals surface area contributed by atoms with E-state index in [0.717, 1.165) is 44.1 Å². The van der Waals surface area contributed by atoms with E-state index in [1.54, 1.807) is 11.3 Å². The first kappa shape index (κ1) is 15.9. The Bertz CT molecular complexity index is 596. The molecular formula is C14H17Br2N3S. The number of thiophene rings is 1. The van der Waals surface area contributed by atoms with Crippen LogP contribution in [0.15, 0.2) is 20.4 Å². The topological polar surface area (TPSA) is 37.8 Å². The predicted molar refractivity (Wildman–Crippen MR) is 93.6 cm³/mol. The molecule has 2 aromatic rings. The second-order valence-electron chi connectivity index (χ2n) is 4.77. The van der Waals surface area contributed by atoms with Gasteiger partial charge in [-0.3, -0.25) is 0 Å². The van der Waals surface area contributed by atoms with Gasteiger partial charge in [0.25, 0.3) is 0 Å². The molecule has 0 bridgehead atoms. The lowest BCUT2D eigenvalue weighted by molar-refractivity contribution is 0.808. The molecule has 0 unspecified atom stereocenters. The largest absolute Gasteiger partial charge is 0.369 e. The first-order chi connectivity index (χ1) is 9.54. The highest BCUT2D eigenvalue weighted by Gasteiger charge is 2.17. The van der Waals surface area contributed by atoms with Gasteiger partial charge >= 0.3 is 0 Å². The average Bonchev–Trinajstić information content (AvgIpc) is 2.83. The number of halogens is 2.